The Kier molecular flexibility index (Phi) is 4.64. The van der Waals surface area contributed by atoms with Crippen LogP contribution in [-0.2, 0) is 4.79 Å². The van der Waals surface area contributed by atoms with Crippen LogP contribution in [0, 0.1) is 17.1 Å². The number of halogens is 1. The summed E-state index contributed by atoms with van der Waals surface area (Å²) in [6.07, 6.45) is 0. The number of hydrogen-bond acceptors (Lipinski definition) is 3. The van der Waals surface area contributed by atoms with Gasteiger partial charge < -0.3 is 11.1 Å². The van der Waals surface area contributed by atoms with Gasteiger partial charge in [0, 0.05) is 6.54 Å². The van der Waals surface area contributed by atoms with E-state index in [1.807, 2.05) is 36.4 Å². The van der Waals surface area contributed by atoms with Crippen LogP contribution in [-0.4, -0.2) is 12.5 Å². The lowest BCUT2D eigenvalue weighted by atomic mass is 9.98. The number of anilines is 1. The molecule has 21 heavy (non-hydrogen) atoms. The van der Waals surface area contributed by atoms with Gasteiger partial charge in [0.25, 0.3) is 0 Å². The quantitative estimate of drug-likeness (QED) is 0.904. The number of rotatable bonds is 4. The van der Waals surface area contributed by atoms with E-state index in [0.29, 0.717) is 0 Å². The molecule has 3 N–H and O–H groups in total. The minimum atomic E-state index is -0.525. The predicted molar refractivity (Wildman–Crippen MR) is 78.0 cm³/mol. The molecule has 1 amide bonds. The van der Waals surface area contributed by atoms with Gasteiger partial charge in [-0.15, -0.1) is 0 Å². The van der Waals surface area contributed by atoms with Gasteiger partial charge in [-0.25, -0.2) is 4.39 Å². The number of amides is 1. The first-order valence-electron chi connectivity index (χ1n) is 6.41. The van der Waals surface area contributed by atoms with Crippen LogP contribution in [0.3, 0.4) is 0 Å². The number of nitriles is 1. The van der Waals surface area contributed by atoms with Gasteiger partial charge in [-0.2, -0.15) is 5.26 Å². The molecule has 2 aromatic rings. The minimum absolute atomic E-state index is 0.0761. The third-order valence-electron chi connectivity index (χ3n) is 3.11. The lowest BCUT2D eigenvalue weighted by Crippen LogP contribution is -2.27. The van der Waals surface area contributed by atoms with Gasteiger partial charge in [0.15, 0.2) is 0 Å². The molecule has 0 aliphatic heterocycles. The smallest absolute Gasteiger partial charge is 0.233 e. The topological polar surface area (TPSA) is 78.9 Å². The van der Waals surface area contributed by atoms with Crippen molar-refractivity contribution < 1.29 is 9.18 Å². The molecule has 0 aliphatic carbocycles. The highest BCUT2D eigenvalue weighted by molar-refractivity contribution is 5.97. The highest BCUT2D eigenvalue weighted by Crippen LogP contribution is 2.20. The summed E-state index contributed by atoms with van der Waals surface area (Å²) in [5, 5.41) is 11.6. The Hall–Kier alpha value is -2.71. The van der Waals surface area contributed by atoms with E-state index in [1.165, 1.54) is 12.1 Å². The summed E-state index contributed by atoms with van der Waals surface area (Å²) in [6, 6.07) is 14.6. The van der Waals surface area contributed by atoms with Crippen LogP contribution >= 0.6 is 0 Å². The van der Waals surface area contributed by atoms with Gasteiger partial charge in [-0.05, 0) is 23.8 Å². The molecule has 0 heterocycles. The molecule has 0 aliphatic rings. The van der Waals surface area contributed by atoms with E-state index in [0.717, 1.165) is 11.6 Å². The van der Waals surface area contributed by atoms with E-state index in [1.54, 1.807) is 0 Å². The van der Waals surface area contributed by atoms with E-state index in [4.69, 9.17) is 11.0 Å². The molecule has 0 bridgehead atoms. The Bertz CT molecular complexity index is 680. The number of hydrogen-bond donors (Lipinski definition) is 2. The third kappa shape index (κ3) is 3.44. The monoisotopic (exact) mass is 283 g/mol. The maximum atomic E-state index is 13.1. The molecule has 0 aromatic heterocycles. The summed E-state index contributed by atoms with van der Waals surface area (Å²) in [5.41, 5.74) is 6.81. The standard InChI is InChI=1S/C16H14FN3O/c17-13-6-7-15(12(8-13)9-18)20-16(21)14(10-19)11-4-2-1-3-5-11/h1-8,14H,10,19H2,(H,20,21). The fourth-order valence-corrected chi connectivity index (χ4v) is 2.02. The van der Waals surface area contributed by atoms with E-state index >= 15 is 0 Å². The van der Waals surface area contributed by atoms with E-state index < -0.39 is 11.7 Å². The first-order chi connectivity index (χ1) is 10.2. The molecule has 0 fully saturated rings. The zero-order chi connectivity index (χ0) is 15.2. The van der Waals surface area contributed by atoms with Crippen molar-refractivity contribution >= 4 is 11.6 Å². The Balaban J connectivity index is 2.23. The molecule has 4 nitrogen and oxygen atoms in total. The number of carbonyl (C=O) groups excluding carboxylic acids is 1. The van der Waals surface area contributed by atoms with Gasteiger partial charge in [0.2, 0.25) is 5.91 Å². The Morgan fingerprint density at radius 2 is 2.00 bits per heavy atom. The highest BCUT2D eigenvalue weighted by Gasteiger charge is 2.19. The first kappa shape index (κ1) is 14.7. The van der Waals surface area contributed by atoms with Crippen LogP contribution in [0.1, 0.15) is 17.0 Å². The summed E-state index contributed by atoms with van der Waals surface area (Å²) < 4.78 is 13.1. The van der Waals surface area contributed by atoms with Gasteiger partial charge >= 0.3 is 0 Å². The average molecular weight is 283 g/mol. The lowest BCUT2D eigenvalue weighted by molar-refractivity contribution is -0.117. The third-order valence-corrected chi connectivity index (χ3v) is 3.11. The number of nitrogens with zero attached hydrogens (tertiary/aromatic N) is 1. The maximum absolute atomic E-state index is 13.1. The predicted octanol–water partition coefficient (Wildman–Crippen LogP) is 2.38. The average Bonchev–Trinajstić information content (AvgIpc) is 2.51. The Labute approximate surface area is 122 Å². The normalized spacial score (nSPS) is 11.5. The fourth-order valence-electron chi connectivity index (χ4n) is 2.02. The van der Waals surface area contributed by atoms with Gasteiger partial charge in [0.05, 0.1) is 17.2 Å². The highest BCUT2D eigenvalue weighted by atomic mass is 19.1. The number of carbonyl (C=O) groups is 1. The van der Waals surface area contributed by atoms with Crippen molar-refractivity contribution in [2.75, 3.05) is 11.9 Å². The second-order valence-electron chi connectivity index (χ2n) is 4.49. The molecule has 2 rings (SSSR count). The van der Waals surface area contributed by atoms with E-state index in [9.17, 15) is 9.18 Å². The van der Waals surface area contributed by atoms with Crippen LogP contribution < -0.4 is 11.1 Å². The van der Waals surface area contributed by atoms with Crippen LogP contribution in [0.2, 0.25) is 0 Å². The zero-order valence-electron chi connectivity index (χ0n) is 11.2. The molecule has 0 saturated carbocycles. The first-order valence-corrected chi connectivity index (χ1v) is 6.41. The van der Waals surface area contributed by atoms with E-state index in [-0.39, 0.29) is 23.7 Å². The van der Waals surface area contributed by atoms with Gasteiger partial charge in [-0.1, -0.05) is 30.3 Å². The van der Waals surface area contributed by atoms with Crippen LogP contribution in [0.5, 0.6) is 0 Å². The van der Waals surface area contributed by atoms with Crippen LogP contribution in [0.25, 0.3) is 0 Å². The van der Waals surface area contributed by atoms with Crippen molar-refractivity contribution in [3.8, 4) is 6.07 Å². The largest absolute Gasteiger partial charge is 0.329 e. The fraction of sp³-hybridized carbons (Fsp3) is 0.125. The van der Waals surface area contributed by atoms with E-state index in [2.05, 4.69) is 5.32 Å². The molecule has 2 aromatic carbocycles. The second kappa shape index (κ2) is 6.64. The Morgan fingerprint density at radius 1 is 1.29 bits per heavy atom. The summed E-state index contributed by atoms with van der Waals surface area (Å²) >= 11 is 0. The van der Waals surface area contributed by atoms with Crippen molar-refractivity contribution in [1.82, 2.24) is 0 Å². The van der Waals surface area contributed by atoms with Gasteiger partial charge in [-0.3, -0.25) is 4.79 Å². The van der Waals surface area contributed by atoms with Crippen molar-refractivity contribution in [2.24, 2.45) is 5.73 Å². The van der Waals surface area contributed by atoms with Crippen molar-refractivity contribution in [3.63, 3.8) is 0 Å². The maximum Gasteiger partial charge on any atom is 0.233 e. The molecular weight excluding hydrogens is 269 g/mol. The second-order valence-corrected chi connectivity index (χ2v) is 4.49. The number of nitrogens with two attached hydrogens (primary N) is 1. The van der Waals surface area contributed by atoms with Crippen LogP contribution in [0.4, 0.5) is 10.1 Å². The molecule has 106 valence electrons. The van der Waals surface area contributed by atoms with Crippen molar-refractivity contribution in [3.05, 3.63) is 65.5 Å². The molecule has 0 radical (unpaired) electrons. The summed E-state index contributed by atoms with van der Waals surface area (Å²) in [7, 11) is 0. The number of nitrogens with one attached hydrogen (secondary N) is 1. The zero-order valence-corrected chi connectivity index (χ0v) is 11.2. The summed E-state index contributed by atoms with van der Waals surface area (Å²) in [5.74, 6) is -1.38. The van der Waals surface area contributed by atoms with Crippen molar-refractivity contribution in [2.45, 2.75) is 5.92 Å². The molecule has 1 atom stereocenters. The minimum Gasteiger partial charge on any atom is -0.329 e. The SMILES string of the molecule is N#Cc1cc(F)ccc1NC(=O)C(CN)c1ccccc1. The summed E-state index contributed by atoms with van der Waals surface area (Å²) in [4.78, 5) is 12.3. The van der Waals surface area contributed by atoms with Crippen LogP contribution in [0.15, 0.2) is 48.5 Å². The lowest BCUT2D eigenvalue weighted by Gasteiger charge is -2.16. The summed E-state index contributed by atoms with van der Waals surface area (Å²) in [6.45, 7) is 0.138. The number of benzene rings is 2. The van der Waals surface area contributed by atoms with Crippen molar-refractivity contribution in [1.29, 1.82) is 5.26 Å². The molecule has 1 unspecified atom stereocenters. The molecule has 5 heteroatoms. The van der Waals surface area contributed by atoms with Gasteiger partial charge in [0.1, 0.15) is 11.9 Å². The molecule has 0 saturated heterocycles. The molecule has 0 spiro atoms. The Morgan fingerprint density at radius 3 is 2.62 bits per heavy atom. The molecular formula is C16H14FN3O.